The Kier molecular flexibility index (Phi) is 3.87. The molecule has 0 aromatic heterocycles. The standard InChI is InChI=1S/C13H15F2N3O2/c1-7-4-5-8(14)10(11(7)15)13(19)18-6-2-3-9(18)12(16)17-20/h4-5,9,20H,2-3,6H2,1H3,(H2,16,17). The Morgan fingerprint density at radius 3 is 2.85 bits per heavy atom. The van der Waals surface area contributed by atoms with Gasteiger partial charge in [-0.05, 0) is 31.4 Å². The molecule has 2 rings (SSSR count). The van der Waals surface area contributed by atoms with Gasteiger partial charge in [0, 0.05) is 6.54 Å². The molecule has 0 spiro atoms. The molecule has 5 nitrogen and oxygen atoms in total. The van der Waals surface area contributed by atoms with Crippen molar-refractivity contribution in [3.8, 4) is 0 Å². The van der Waals surface area contributed by atoms with Gasteiger partial charge in [-0.1, -0.05) is 11.2 Å². The number of halogens is 2. The number of aryl methyl sites for hydroxylation is 1. The Morgan fingerprint density at radius 2 is 2.20 bits per heavy atom. The summed E-state index contributed by atoms with van der Waals surface area (Å²) < 4.78 is 27.7. The fourth-order valence-corrected chi connectivity index (χ4v) is 2.38. The highest BCUT2D eigenvalue weighted by Gasteiger charge is 2.35. The molecule has 1 fully saturated rings. The molecular weight excluding hydrogens is 268 g/mol. The molecule has 1 aliphatic rings. The van der Waals surface area contributed by atoms with E-state index in [-0.39, 0.29) is 11.4 Å². The summed E-state index contributed by atoms with van der Waals surface area (Å²) in [5, 5.41) is 11.6. The van der Waals surface area contributed by atoms with E-state index in [1.165, 1.54) is 17.9 Å². The van der Waals surface area contributed by atoms with Crippen LogP contribution in [0.2, 0.25) is 0 Å². The number of oxime groups is 1. The molecule has 7 heteroatoms. The van der Waals surface area contributed by atoms with E-state index in [1.54, 1.807) is 0 Å². The van der Waals surface area contributed by atoms with Crippen molar-refractivity contribution in [3.63, 3.8) is 0 Å². The molecule has 1 saturated heterocycles. The Labute approximate surface area is 114 Å². The molecule has 0 saturated carbocycles. The van der Waals surface area contributed by atoms with Gasteiger partial charge in [-0.15, -0.1) is 0 Å². The van der Waals surface area contributed by atoms with Crippen molar-refractivity contribution in [2.45, 2.75) is 25.8 Å². The molecule has 1 aliphatic heterocycles. The number of nitrogens with zero attached hydrogens (tertiary/aromatic N) is 2. The zero-order chi connectivity index (χ0) is 14.9. The second kappa shape index (κ2) is 5.44. The van der Waals surface area contributed by atoms with Gasteiger partial charge < -0.3 is 15.8 Å². The molecular formula is C13H15F2N3O2. The van der Waals surface area contributed by atoms with E-state index >= 15 is 0 Å². The van der Waals surface area contributed by atoms with Gasteiger partial charge in [0.25, 0.3) is 5.91 Å². The van der Waals surface area contributed by atoms with Gasteiger partial charge in [-0.2, -0.15) is 0 Å². The van der Waals surface area contributed by atoms with Crippen LogP contribution in [-0.2, 0) is 0 Å². The van der Waals surface area contributed by atoms with Gasteiger partial charge in [0.05, 0.1) is 6.04 Å². The third-order valence-electron chi connectivity index (χ3n) is 3.47. The first-order valence-corrected chi connectivity index (χ1v) is 6.20. The highest BCUT2D eigenvalue weighted by molar-refractivity contribution is 5.99. The van der Waals surface area contributed by atoms with Crippen molar-refractivity contribution < 1.29 is 18.8 Å². The fraction of sp³-hybridized carbons (Fsp3) is 0.385. The second-order valence-corrected chi connectivity index (χ2v) is 4.73. The van der Waals surface area contributed by atoms with Gasteiger partial charge in [0.2, 0.25) is 0 Å². The van der Waals surface area contributed by atoms with Gasteiger partial charge in [-0.25, -0.2) is 8.78 Å². The molecule has 3 N–H and O–H groups in total. The average molecular weight is 283 g/mol. The van der Waals surface area contributed by atoms with Crippen LogP contribution in [0.1, 0.15) is 28.8 Å². The number of nitrogens with two attached hydrogens (primary N) is 1. The number of rotatable bonds is 2. The molecule has 1 aromatic carbocycles. The summed E-state index contributed by atoms with van der Waals surface area (Å²) in [4.78, 5) is 13.6. The maximum Gasteiger partial charge on any atom is 0.260 e. The Hall–Kier alpha value is -2.18. The van der Waals surface area contributed by atoms with E-state index in [9.17, 15) is 13.6 Å². The topological polar surface area (TPSA) is 78.9 Å². The predicted molar refractivity (Wildman–Crippen MR) is 68.6 cm³/mol. The van der Waals surface area contributed by atoms with Crippen LogP contribution in [0.3, 0.4) is 0 Å². The van der Waals surface area contributed by atoms with Crippen LogP contribution in [0.25, 0.3) is 0 Å². The number of amides is 1. The lowest BCUT2D eigenvalue weighted by Crippen LogP contribution is -2.44. The minimum atomic E-state index is -0.914. The van der Waals surface area contributed by atoms with Crippen molar-refractivity contribution in [1.82, 2.24) is 4.90 Å². The molecule has 0 radical (unpaired) electrons. The monoisotopic (exact) mass is 283 g/mol. The summed E-state index contributed by atoms with van der Waals surface area (Å²) in [6.07, 6.45) is 1.12. The number of hydrogen-bond donors (Lipinski definition) is 2. The molecule has 0 bridgehead atoms. The number of carbonyl (C=O) groups excluding carboxylic acids is 1. The van der Waals surface area contributed by atoms with E-state index < -0.39 is 29.1 Å². The summed E-state index contributed by atoms with van der Waals surface area (Å²) in [5.41, 5.74) is 5.10. The summed E-state index contributed by atoms with van der Waals surface area (Å²) in [7, 11) is 0. The average Bonchev–Trinajstić information content (AvgIpc) is 2.91. The third-order valence-corrected chi connectivity index (χ3v) is 3.47. The molecule has 1 atom stereocenters. The Morgan fingerprint density at radius 1 is 1.50 bits per heavy atom. The van der Waals surface area contributed by atoms with Crippen molar-refractivity contribution in [1.29, 1.82) is 0 Å². The molecule has 1 aromatic rings. The molecule has 0 aliphatic carbocycles. The van der Waals surface area contributed by atoms with Crippen LogP contribution in [-0.4, -0.2) is 34.4 Å². The van der Waals surface area contributed by atoms with Crippen LogP contribution >= 0.6 is 0 Å². The summed E-state index contributed by atoms with van der Waals surface area (Å²) in [6.45, 7) is 1.77. The van der Waals surface area contributed by atoms with E-state index in [4.69, 9.17) is 10.9 Å². The summed E-state index contributed by atoms with van der Waals surface area (Å²) in [6, 6.07) is 1.69. The van der Waals surface area contributed by atoms with E-state index in [0.29, 0.717) is 19.4 Å². The molecule has 1 heterocycles. The lowest BCUT2D eigenvalue weighted by Gasteiger charge is -2.24. The van der Waals surface area contributed by atoms with Gasteiger partial charge >= 0.3 is 0 Å². The lowest BCUT2D eigenvalue weighted by atomic mass is 10.1. The van der Waals surface area contributed by atoms with Crippen LogP contribution in [0.15, 0.2) is 17.3 Å². The number of benzene rings is 1. The fourth-order valence-electron chi connectivity index (χ4n) is 2.38. The highest BCUT2D eigenvalue weighted by atomic mass is 19.1. The van der Waals surface area contributed by atoms with Crippen LogP contribution in [0, 0.1) is 18.6 Å². The van der Waals surface area contributed by atoms with E-state index in [0.717, 1.165) is 6.07 Å². The van der Waals surface area contributed by atoms with Gasteiger partial charge in [0.1, 0.15) is 17.2 Å². The quantitative estimate of drug-likeness (QED) is 0.375. The molecule has 1 amide bonds. The van der Waals surface area contributed by atoms with E-state index in [1.807, 2.05) is 0 Å². The summed E-state index contributed by atoms with van der Waals surface area (Å²) >= 11 is 0. The number of amidine groups is 1. The minimum Gasteiger partial charge on any atom is -0.409 e. The maximum atomic E-state index is 14.0. The zero-order valence-electron chi connectivity index (χ0n) is 10.9. The van der Waals surface area contributed by atoms with Crippen LogP contribution in [0.4, 0.5) is 8.78 Å². The zero-order valence-corrected chi connectivity index (χ0v) is 10.9. The maximum absolute atomic E-state index is 14.0. The van der Waals surface area contributed by atoms with Crippen LogP contribution < -0.4 is 5.73 Å². The van der Waals surface area contributed by atoms with Crippen LogP contribution in [0.5, 0.6) is 0 Å². The first-order chi connectivity index (χ1) is 9.47. The van der Waals surface area contributed by atoms with E-state index in [2.05, 4.69) is 5.16 Å². The summed E-state index contributed by atoms with van der Waals surface area (Å²) in [5.74, 6) is -2.70. The van der Waals surface area contributed by atoms with Gasteiger partial charge in [-0.3, -0.25) is 4.79 Å². The highest BCUT2D eigenvalue weighted by Crippen LogP contribution is 2.24. The smallest absolute Gasteiger partial charge is 0.260 e. The normalized spacial score (nSPS) is 19.4. The number of carbonyl (C=O) groups is 1. The molecule has 1 unspecified atom stereocenters. The Bertz CT molecular complexity index is 575. The second-order valence-electron chi connectivity index (χ2n) is 4.73. The van der Waals surface area contributed by atoms with Crippen molar-refractivity contribution in [2.24, 2.45) is 10.9 Å². The lowest BCUT2D eigenvalue weighted by molar-refractivity contribution is 0.0758. The minimum absolute atomic E-state index is 0.135. The largest absolute Gasteiger partial charge is 0.409 e. The van der Waals surface area contributed by atoms with Crippen molar-refractivity contribution in [3.05, 3.63) is 34.9 Å². The van der Waals surface area contributed by atoms with Gasteiger partial charge in [0.15, 0.2) is 5.84 Å². The Balaban J connectivity index is 2.39. The third kappa shape index (κ3) is 2.31. The molecule has 108 valence electrons. The predicted octanol–water partition coefficient (Wildman–Crippen LogP) is 1.62. The number of likely N-dealkylation sites (tertiary alicyclic amines) is 1. The van der Waals surface area contributed by atoms with Crippen molar-refractivity contribution in [2.75, 3.05) is 6.54 Å². The SMILES string of the molecule is Cc1ccc(F)c(C(=O)N2CCCC2/C(N)=N/O)c1F. The first kappa shape index (κ1) is 14.2. The molecule has 20 heavy (non-hydrogen) atoms. The van der Waals surface area contributed by atoms with Crippen molar-refractivity contribution >= 4 is 11.7 Å². The number of hydrogen-bond acceptors (Lipinski definition) is 3. The first-order valence-electron chi connectivity index (χ1n) is 6.20.